The second-order valence-corrected chi connectivity index (χ2v) is 6.68. The lowest BCUT2D eigenvalue weighted by molar-refractivity contribution is -0.149. The average molecular weight is 302 g/mol. The van der Waals surface area contributed by atoms with Crippen LogP contribution in [0.3, 0.4) is 0 Å². The summed E-state index contributed by atoms with van der Waals surface area (Å²) in [5.74, 6) is 0.0238. The third-order valence-electron chi connectivity index (χ3n) is 5.54. The van der Waals surface area contributed by atoms with E-state index in [2.05, 4.69) is 29.8 Å². The molecule has 4 heteroatoms. The van der Waals surface area contributed by atoms with E-state index >= 15 is 0 Å². The van der Waals surface area contributed by atoms with Gasteiger partial charge in [-0.25, -0.2) is 0 Å². The molecule has 1 saturated heterocycles. The van der Waals surface area contributed by atoms with Crippen LogP contribution in [-0.2, 0) is 22.5 Å². The van der Waals surface area contributed by atoms with Crippen molar-refractivity contribution in [1.29, 1.82) is 0 Å². The SMILES string of the molecule is CCC1(CC)CC(CCN2CCc3ccncc3C2)OC1=O. The zero-order chi connectivity index (χ0) is 15.6. The molecule has 2 aliphatic heterocycles. The van der Waals surface area contributed by atoms with Crippen LogP contribution in [0.25, 0.3) is 0 Å². The van der Waals surface area contributed by atoms with E-state index in [-0.39, 0.29) is 17.5 Å². The van der Waals surface area contributed by atoms with Crippen LogP contribution in [0.15, 0.2) is 18.5 Å². The van der Waals surface area contributed by atoms with Gasteiger partial charge in [0.15, 0.2) is 0 Å². The number of hydrogen-bond acceptors (Lipinski definition) is 4. The highest BCUT2D eigenvalue weighted by atomic mass is 16.6. The average Bonchev–Trinajstić information content (AvgIpc) is 2.89. The number of ether oxygens (including phenoxy) is 1. The normalized spacial score (nSPS) is 24.1. The second kappa shape index (κ2) is 6.37. The monoisotopic (exact) mass is 302 g/mol. The van der Waals surface area contributed by atoms with E-state index in [0.717, 1.165) is 51.7 Å². The molecule has 3 rings (SSSR count). The Kier molecular flexibility index (Phi) is 4.48. The van der Waals surface area contributed by atoms with Crippen LogP contribution in [0.4, 0.5) is 0 Å². The van der Waals surface area contributed by atoms with Gasteiger partial charge in [-0.2, -0.15) is 0 Å². The Morgan fingerprint density at radius 1 is 1.36 bits per heavy atom. The molecule has 0 saturated carbocycles. The van der Waals surface area contributed by atoms with Crippen LogP contribution in [0.5, 0.6) is 0 Å². The number of aromatic nitrogens is 1. The first kappa shape index (κ1) is 15.5. The third-order valence-corrected chi connectivity index (χ3v) is 5.54. The first-order valence-corrected chi connectivity index (χ1v) is 8.52. The second-order valence-electron chi connectivity index (χ2n) is 6.68. The summed E-state index contributed by atoms with van der Waals surface area (Å²) in [7, 11) is 0. The van der Waals surface area contributed by atoms with Crippen molar-refractivity contribution in [3.05, 3.63) is 29.6 Å². The van der Waals surface area contributed by atoms with Gasteiger partial charge < -0.3 is 4.74 Å². The summed E-state index contributed by atoms with van der Waals surface area (Å²) in [6.07, 6.45) is 8.67. The number of nitrogens with zero attached hydrogens (tertiary/aromatic N) is 2. The molecule has 120 valence electrons. The molecule has 0 amide bonds. The van der Waals surface area contributed by atoms with Crippen LogP contribution in [0, 0.1) is 5.41 Å². The maximum atomic E-state index is 12.1. The van der Waals surface area contributed by atoms with Crippen molar-refractivity contribution in [1.82, 2.24) is 9.88 Å². The molecule has 1 aromatic heterocycles. The molecule has 2 aliphatic rings. The van der Waals surface area contributed by atoms with Crippen LogP contribution < -0.4 is 0 Å². The van der Waals surface area contributed by atoms with Gasteiger partial charge in [0, 0.05) is 38.4 Å². The molecule has 0 spiro atoms. The van der Waals surface area contributed by atoms with E-state index in [1.165, 1.54) is 11.1 Å². The molecule has 1 fully saturated rings. The van der Waals surface area contributed by atoms with Crippen molar-refractivity contribution in [3.63, 3.8) is 0 Å². The molecule has 0 aromatic carbocycles. The van der Waals surface area contributed by atoms with E-state index < -0.39 is 0 Å². The van der Waals surface area contributed by atoms with Gasteiger partial charge in [-0.1, -0.05) is 13.8 Å². The lowest BCUT2D eigenvalue weighted by Crippen LogP contribution is -2.33. The maximum Gasteiger partial charge on any atom is 0.312 e. The number of cyclic esters (lactones) is 1. The first-order valence-electron chi connectivity index (χ1n) is 8.52. The predicted molar refractivity (Wildman–Crippen MR) is 85.3 cm³/mol. The minimum absolute atomic E-state index is 0.0238. The number of pyridine rings is 1. The standard InChI is InChI=1S/C18H26N2O2/c1-3-18(4-2)11-16(22-17(18)21)7-10-20-9-6-14-5-8-19-12-15(14)13-20/h5,8,12,16H,3-4,6-7,9-11,13H2,1-2H3. The molecule has 0 N–H and O–H groups in total. The quantitative estimate of drug-likeness (QED) is 0.784. The minimum atomic E-state index is -0.219. The fraction of sp³-hybridized carbons (Fsp3) is 0.667. The van der Waals surface area contributed by atoms with Gasteiger partial charge in [-0.3, -0.25) is 14.7 Å². The van der Waals surface area contributed by atoms with Crippen molar-refractivity contribution in [2.45, 2.75) is 58.6 Å². The third kappa shape index (κ3) is 2.89. The van der Waals surface area contributed by atoms with E-state index in [0.29, 0.717) is 0 Å². The molecular formula is C18H26N2O2. The Morgan fingerprint density at radius 3 is 2.91 bits per heavy atom. The summed E-state index contributed by atoms with van der Waals surface area (Å²) in [6, 6.07) is 2.13. The maximum absolute atomic E-state index is 12.1. The number of fused-ring (bicyclic) bond motifs is 1. The number of rotatable bonds is 5. The molecule has 1 atom stereocenters. The highest BCUT2D eigenvalue weighted by Crippen LogP contribution is 2.41. The molecule has 0 aliphatic carbocycles. The van der Waals surface area contributed by atoms with Crippen molar-refractivity contribution in [2.24, 2.45) is 5.41 Å². The van der Waals surface area contributed by atoms with Gasteiger partial charge >= 0.3 is 5.97 Å². The lowest BCUT2D eigenvalue weighted by Gasteiger charge is -2.29. The predicted octanol–water partition coefficient (Wildman–Crippen LogP) is 2.95. The van der Waals surface area contributed by atoms with Crippen molar-refractivity contribution in [2.75, 3.05) is 13.1 Å². The molecule has 22 heavy (non-hydrogen) atoms. The number of esters is 1. The summed E-state index contributed by atoms with van der Waals surface area (Å²) < 4.78 is 5.64. The number of carbonyl (C=O) groups is 1. The Labute approximate surface area is 132 Å². The summed E-state index contributed by atoms with van der Waals surface area (Å²) in [4.78, 5) is 18.8. The van der Waals surface area contributed by atoms with Crippen molar-refractivity contribution in [3.8, 4) is 0 Å². The number of carbonyl (C=O) groups excluding carboxylic acids is 1. The Bertz CT molecular complexity index is 540. The van der Waals surface area contributed by atoms with E-state index in [1.807, 2.05) is 12.4 Å². The molecule has 4 nitrogen and oxygen atoms in total. The molecule has 3 heterocycles. The fourth-order valence-corrected chi connectivity index (χ4v) is 3.78. The fourth-order valence-electron chi connectivity index (χ4n) is 3.78. The zero-order valence-electron chi connectivity index (χ0n) is 13.7. The summed E-state index contributed by atoms with van der Waals surface area (Å²) >= 11 is 0. The zero-order valence-corrected chi connectivity index (χ0v) is 13.7. The first-order chi connectivity index (χ1) is 10.7. The Morgan fingerprint density at radius 2 is 2.18 bits per heavy atom. The molecule has 0 bridgehead atoms. The van der Waals surface area contributed by atoms with Gasteiger partial charge in [-0.15, -0.1) is 0 Å². The highest BCUT2D eigenvalue weighted by molar-refractivity contribution is 5.78. The Hall–Kier alpha value is -1.42. The van der Waals surface area contributed by atoms with Crippen LogP contribution >= 0.6 is 0 Å². The van der Waals surface area contributed by atoms with Gasteiger partial charge in [-0.05, 0) is 42.9 Å². The lowest BCUT2D eigenvalue weighted by atomic mass is 9.79. The minimum Gasteiger partial charge on any atom is -0.462 e. The van der Waals surface area contributed by atoms with Crippen LogP contribution in [-0.4, -0.2) is 35.0 Å². The van der Waals surface area contributed by atoms with Gasteiger partial charge in [0.05, 0.1) is 5.41 Å². The van der Waals surface area contributed by atoms with Gasteiger partial charge in [0.2, 0.25) is 0 Å². The van der Waals surface area contributed by atoms with Crippen LogP contribution in [0.1, 0.15) is 50.7 Å². The topological polar surface area (TPSA) is 42.4 Å². The molecule has 1 aromatic rings. The Balaban J connectivity index is 1.53. The largest absolute Gasteiger partial charge is 0.462 e. The molecule has 1 unspecified atom stereocenters. The summed E-state index contributed by atoms with van der Waals surface area (Å²) in [6.45, 7) is 7.25. The summed E-state index contributed by atoms with van der Waals surface area (Å²) in [5.41, 5.74) is 2.55. The van der Waals surface area contributed by atoms with Gasteiger partial charge in [0.1, 0.15) is 6.10 Å². The van der Waals surface area contributed by atoms with Crippen LogP contribution in [0.2, 0.25) is 0 Å². The smallest absolute Gasteiger partial charge is 0.312 e. The van der Waals surface area contributed by atoms with Gasteiger partial charge in [0.25, 0.3) is 0 Å². The molecular weight excluding hydrogens is 276 g/mol. The molecule has 0 radical (unpaired) electrons. The highest BCUT2D eigenvalue weighted by Gasteiger charge is 2.46. The summed E-state index contributed by atoms with van der Waals surface area (Å²) in [5, 5.41) is 0. The van der Waals surface area contributed by atoms with Crippen molar-refractivity contribution < 1.29 is 9.53 Å². The van der Waals surface area contributed by atoms with E-state index in [4.69, 9.17) is 4.74 Å². The number of hydrogen-bond donors (Lipinski definition) is 0. The van der Waals surface area contributed by atoms with Crippen molar-refractivity contribution >= 4 is 5.97 Å². The van der Waals surface area contributed by atoms with E-state index in [1.54, 1.807) is 0 Å². The van der Waals surface area contributed by atoms with E-state index in [9.17, 15) is 4.79 Å².